The Bertz CT molecular complexity index is 784. The number of likely N-dealkylation sites (tertiary alicyclic amines) is 2. The molecule has 2 saturated heterocycles. The monoisotopic (exact) mass is 493 g/mol. The lowest BCUT2D eigenvalue weighted by Crippen LogP contribution is -2.45. The molecule has 36 heavy (non-hydrogen) atoms. The lowest BCUT2D eigenvalue weighted by Gasteiger charge is -2.39. The Morgan fingerprint density at radius 1 is 1.06 bits per heavy atom. The van der Waals surface area contributed by atoms with Crippen LogP contribution in [-0.4, -0.2) is 42.0 Å². The van der Waals surface area contributed by atoms with Gasteiger partial charge in [-0.05, 0) is 63.8 Å². The number of hydrogen-bond acceptors (Lipinski definition) is 3. The average Bonchev–Trinajstić information content (AvgIpc) is 3.27. The minimum absolute atomic E-state index is 0.164. The van der Waals surface area contributed by atoms with Crippen LogP contribution in [-0.2, 0) is 5.41 Å². The molecule has 1 atom stereocenters. The molecule has 2 heterocycles. The van der Waals surface area contributed by atoms with Crippen LogP contribution >= 0.6 is 0 Å². The highest BCUT2D eigenvalue weighted by Gasteiger charge is 2.43. The van der Waals surface area contributed by atoms with Crippen LogP contribution in [0.3, 0.4) is 0 Å². The third-order valence-electron chi connectivity index (χ3n) is 6.47. The molecule has 0 aliphatic carbocycles. The summed E-state index contributed by atoms with van der Waals surface area (Å²) in [4.78, 5) is 5.20. The summed E-state index contributed by atoms with van der Waals surface area (Å²) < 4.78 is 0. The van der Waals surface area contributed by atoms with Crippen molar-refractivity contribution in [2.45, 2.75) is 85.6 Å². The normalized spacial score (nSPS) is 20.4. The van der Waals surface area contributed by atoms with Gasteiger partial charge >= 0.3 is 0 Å². The number of nitrogens with one attached hydrogen (secondary N) is 1. The van der Waals surface area contributed by atoms with Gasteiger partial charge in [0.1, 0.15) is 0 Å². The fourth-order valence-corrected chi connectivity index (χ4v) is 4.94. The van der Waals surface area contributed by atoms with E-state index >= 15 is 0 Å². The van der Waals surface area contributed by atoms with Gasteiger partial charge in [-0.1, -0.05) is 89.4 Å². The van der Waals surface area contributed by atoms with E-state index in [1.807, 2.05) is 34.6 Å². The fraction of sp³-hybridized carbons (Fsp3) is 0.515. The third kappa shape index (κ3) is 10.6. The van der Waals surface area contributed by atoms with Gasteiger partial charge in [0.05, 0.1) is 0 Å². The number of benzene rings is 1. The van der Waals surface area contributed by atoms with E-state index in [0.29, 0.717) is 6.04 Å². The van der Waals surface area contributed by atoms with Gasteiger partial charge in [0.25, 0.3) is 0 Å². The van der Waals surface area contributed by atoms with Gasteiger partial charge in [-0.15, -0.1) is 6.58 Å². The lowest BCUT2D eigenvalue weighted by molar-refractivity contribution is 0.144. The Labute approximate surface area is 224 Å². The number of hydrogen-bond donors (Lipinski definition) is 1. The SMILES string of the molecule is C=CC.C=CN/C=C(\C)CN1CCC(N2CC(C/C=C\C)(c3ccccc3)CC2=C)CC1.CC.CC. The van der Waals surface area contributed by atoms with E-state index in [1.165, 1.54) is 29.7 Å². The lowest BCUT2D eigenvalue weighted by atomic mass is 9.76. The van der Waals surface area contributed by atoms with Gasteiger partial charge in [-0.2, -0.15) is 0 Å². The van der Waals surface area contributed by atoms with E-state index < -0.39 is 0 Å². The summed E-state index contributed by atoms with van der Waals surface area (Å²) in [5.74, 6) is 0. The first kappa shape index (κ1) is 33.5. The summed E-state index contributed by atoms with van der Waals surface area (Å²) in [5, 5.41) is 3.09. The predicted octanol–water partition coefficient (Wildman–Crippen LogP) is 8.46. The summed E-state index contributed by atoms with van der Waals surface area (Å²) in [7, 11) is 0. The van der Waals surface area contributed by atoms with Gasteiger partial charge in [0.15, 0.2) is 0 Å². The summed E-state index contributed by atoms with van der Waals surface area (Å²) >= 11 is 0. The number of allylic oxidation sites excluding steroid dienone is 4. The van der Waals surface area contributed by atoms with Crippen LogP contribution in [0.15, 0.2) is 92.0 Å². The Morgan fingerprint density at radius 3 is 2.17 bits per heavy atom. The molecule has 202 valence electrons. The molecule has 2 aliphatic heterocycles. The first-order chi connectivity index (χ1) is 17.5. The maximum absolute atomic E-state index is 4.50. The first-order valence-corrected chi connectivity index (χ1v) is 13.9. The van der Waals surface area contributed by atoms with Gasteiger partial charge in [-0.3, -0.25) is 4.90 Å². The fourth-order valence-electron chi connectivity index (χ4n) is 4.94. The van der Waals surface area contributed by atoms with Crippen LogP contribution in [0.2, 0.25) is 0 Å². The molecule has 0 saturated carbocycles. The molecule has 1 aromatic rings. The second-order valence-electron chi connectivity index (χ2n) is 9.07. The van der Waals surface area contributed by atoms with Gasteiger partial charge < -0.3 is 10.2 Å². The van der Waals surface area contributed by atoms with Crippen molar-refractivity contribution in [1.29, 1.82) is 0 Å². The van der Waals surface area contributed by atoms with E-state index in [4.69, 9.17) is 0 Å². The maximum Gasteiger partial charge on any atom is 0.0311 e. The molecule has 0 radical (unpaired) electrons. The van der Waals surface area contributed by atoms with Crippen LogP contribution < -0.4 is 5.32 Å². The minimum atomic E-state index is 0.164. The quantitative estimate of drug-likeness (QED) is 0.366. The van der Waals surface area contributed by atoms with Crippen molar-refractivity contribution in [3.8, 4) is 0 Å². The second-order valence-corrected chi connectivity index (χ2v) is 9.07. The predicted molar refractivity (Wildman–Crippen MR) is 163 cm³/mol. The van der Waals surface area contributed by atoms with E-state index in [2.05, 4.69) is 97.4 Å². The van der Waals surface area contributed by atoms with Crippen molar-refractivity contribution in [3.63, 3.8) is 0 Å². The van der Waals surface area contributed by atoms with Gasteiger partial charge in [0, 0.05) is 49.5 Å². The van der Waals surface area contributed by atoms with Gasteiger partial charge in [-0.25, -0.2) is 0 Å². The number of rotatable bonds is 8. The van der Waals surface area contributed by atoms with Crippen molar-refractivity contribution >= 4 is 0 Å². The van der Waals surface area contributed by atoms with Crippen molar-refractivity contribution < 1.29 is 0 Å². The van der Waals surface area contributed by atoms with Crippen LogP contribution in [0.4, 0.5) is 0 Å². The van der Waals surface area contributed by atoms with Crippen molar-refractivity contribution in [3.05, 3.63) is 97.5 Å². The van der Waals surface area contributed by atoms with Crippen LogP contribution in [0.25, 0.3) is 0 Å². The zero-order chi connectivity index (χ0) is 27.4. The molecule has 1 unspecified atom stereocenters. The number of piperidine rings is 1. The largest absolute Gasteiger partial charge is 0.371 e. The molecule has 0 amide bonds. The Morgan fingerprint density at radius 2 is 1.64 bits per heavy atom. The smallest absolute Gasteiger partial charge is 0.0311 e. The molecular formula is C33H55N3. The molecule has 2 aliphatic rings. The van der Waals surface area contributed by atoms with E-state index in [0.717, 1.165) is 39.0 Å². The minimum Gasteiger partial charge on any atom is -0.371 e. The third-order valence-corrected chi connectivity index (χ3v) is 6.47. The molecule has 0 bridgehead atoms. The molecular weight excluding hydrogens is 438 g/mol. The standard InChI is InChI=1S/C26H37N3.C3H6.2C2H6/c1-5-7-15-26(24-11-9-8-10-12-24)18-23(4)29(21-26)25-13-16-28(17-14-25)20-22(3)19-27-6-2;1-3-2;2*1-2/h5-12,19,25,27H,2,4,13-18,20-21H2,1,3H3;3H,1H2,2H3;2*1-2H3/b7-5-,22-19+;;;. The topological polar surface area (TPSA) is 18.5 Å². The van der Waals surface area contributed by atoms with Crippen molar-refractivity contribution in [2.75, 3.05) is 26.2 Å². The molecule has 3 rings (SSSR count). The van der Waals surface area contributed by atoms with Crippen LogP contribution in [0.1, 0.15) is 79.7 Å². The highest BCUT2D eigenvalue weighted by Crippen LogP contribution is 2.44. The molecule has 3 nitrogen and oxygen atoms in total. The van der Waals surface area contributed by atoms with Crippen molar-refractivity contribution in [2.24, 2.45) is 0 Å². The Kier molecular flexibility index (Phi) is 18.3. The van der Waals surface area contributed by atoms with Crippen LogP contribution in [0, 0.1) is 0 Å². The summed E-state index contributed by atoms with van der Waals surface area (Å²) in [6.07, 6.45) is 14.6. The zero-order valence-corrected chi connectivity index (χ0v) is 24.5. The zero-order valence-electron chi connectivity index (χ0n) is 24.5. The Balaban J connectivity index is 0.00000159. The first-order valence-electron chi connectivity index (χ1n) is 13.9. The van der Waals surface area contributed by atoms with Gasteiger partial charge in [0.2, 0.25) is 0 Å². The average molecular weight is 494 g/mol. The second kappa shape index (κ2) is 19.6. The molecule has 0 spiro atoms. The maximum atomic E-state index is 4.50. The molecule has 0 aromatic heterocycles. The van der Waals surface area contributed by atoms with Crippen LogP contribution in [0.5, 0.6) is 0 Å². The van der Waals surface area contributed by atoms with E-state index in [-0.39, 0.29) is 5.41 Å². The molecule has 2 fully saturated rings. The van der Waals surface area contributed by atoms with E-state index in [9.17, 15) is 0 Å². The highest BCUT2D eigenvalue weighted by atomic mass is 15.2. The summed E-state index contributed by atoms with van der Waals surface area (Å²) in [6, 6.07) is 11.7. The van der Waals surface area contributed by atoms with E-state index in [1.54, 1.807) is 12.3 Å². The van der Waals surface area contributed by atoms with Crippen molar-refractivity contribution in [1.82, 2.24) is 15.1 Å². The number of nitrogens with zero attached hydrogens (tertiary/aromatic N) is 2. The summed E-state index contributed by atoms with van der Waals surface area (Å²) in [6.45, 7) is 30.2. The molecule has 1 N–H and O–H groups in total. The summed E-state index contributed by atoms with van der Waals surface area (Å²) in [5.41, 5.74) is 4.29. The Hall–Kier alpha value is -2.52. The molecule has 3 heteroatoms. The highest BCUT2D eigenvalue weighted by molar-refractivity contribution is 5.33. The molecule has 1 aromatic carbocycles.